The number of sulfonamides is 1. The molecule has 24 heavy (non-hydrogen) atoms. The maximum absolute atomic E-state index is 12.6. The van der Waals surface area contributed by atoms with Gasteiger partial charge in [-0.15, -0.1) is 0 Å². The van der Waals surface area contributed by atoms with Crippen LogP contribution in [-0.4, -0.2) is 52.5 Å². The Morgan fingerprint density at radius 3 is 2.88 bits per heavy atom. The van der Waals surface area contributed by atoms with Crippen LogP contribution in [0.15, 0.2) is 12.4 Å². The fourth-order valence-electron chi connectivity index (χ4n) is 3.16. The molecule has 0 bridgehead atoms. The third kappa shape index (κ3) is 2.78. The molecular formula is C15H19N5O3S. The molecule has 2 fully saturated rings. The van der Waals surface area contributed by atoms with Gasteiger partial charge in [0.05, 0.1) is 29.9 Å². The van der Waals surface area contributed by atoms with Gasteiger partial charge in [-0.2, -0.15) is 4.31 Å². The van der Waals surface area contributed by atoms with Crippen molar-refractivity contribution in [3.8, 4) is 0 Å². The van der Waals surface area contributed by atoms with E-state index in [9.17, 15) is 13.2 Å². The van der Waals surface area contributed by atoms with Crippen LogP contribution in [0.25, 0.3) is 11.2 Å². The summed E-state index contributed by atoms with van der Waals surface area (Å²) in [6.07, 6.45) is 7.55. The van der Waals surface area contributed by atoms with Gasteiger partial charge < -0.3 is 10.3 Å². The molecule has 1 aliphatic heterocycles. The molecule has 9 heteroatoms. The van der Waals surface area contributed by atoms with Crippen molar-refractivity contribution in [2.24, 2.45) is 0 Å². The summed E-state index contributed by atoms with van der Waals surface area (Å²) in [5.41, 5.74) is 2.42. The summed E-state index contributed by atoms with van der Waals surface area (Å²) >= 11 is 0. The smallest absolute Gasteiger partial charge is 0.256 e. The Morgan fingerprint density at radius 2 is 2.17 bits per heavy atom. The van der Waals surface area contributed by atoms with Gasteiger partial charge in [-0.1, -0.05) is 0 Å². The lowest BCUT2D eigenvalue weighted by molar-refractivity contribution is 0.0919. The van der Waals surface area contributed by atoms with E-state index in [4.69, 9.17) is 0 Å². The molecule has 1 amide bonds. The Hall–Kier alpha value is -2.00. The summed E-state index contributed by atoms with van der Waals surface area (Å²) in [4.78, 5) is 24.5. The van der Waals surface area contributed by atoms with Crippen molar-refractivity contribution in [3.63, 3.8) is 0 Å². The average Bonchev–Trinajstić information content (AvgIpc) is 3.11. The first kappa shape index (κ1) is 15.5. The molecule has 3 heterocycles. The van der Waals surface area contributed by atoms with Gasteiger partial charge in [0.2, 0.25) is 10.0 Å². The first-order chi connectivity index (χ1) is 11.4. The van der Waals surface area contributed by atoms with Crippen LogP contribution in [0.1, 0.15) is 47.7 Å². The minimum absolute atomic E-state index is 0.330. The Labute approximate surface area is 139 Å². The third-order valence-corrected chi connectivity index (χ3v) is 5.86. The van der Waals surface area contributed by atoms with E-state index < -0.39 is 16.2 Å². The minimum Gasteiger partial charge on any atom is -0.344 e. The summed E-state index contributed by atoms with van der Waals surface area (Å²) in [6, 6.07) is 0. The van der Waals surface area contributed by atoms with Gasteiger partial charge in [-0.3, -0.25) is 4.79 Å². The van der Waals surface area contributed by atoms with E-state index >= 15 is 0 Å². The van der Waals surface area contributed by atoms with E-state index in [0.29, 0.717) is 35.6 Å². The Morgan fingerprint density at radius 1 is 1.38 bits per heavy atom. The van der Waals surface area contributed by atoms with Crippen molar-refractivity contribution >= 4 is 27.1 Å². The number of nitrogens with zero attached hydrogens (tertiary/aromatic N) is 3. The van der Waals surface area contributed by atoms with Crippen molar-refractivity contribution in [2.45, 2.75) is 37.8 Å². The second kappa shape index (κ2) is 5.52. The van der Waals surface area contributed by atoms with Gasteiger partial charge in [0.15, 0.2) is 5.65 Å². The number of fused-ring (bicyclic) bond motifs is 1. The Kier molecular flexibility index (Phi) is 3.57. The van der Waals surface area contributed by atoms with Crippen LogP contribution in [0.4, 0.5) is 0 Å². The van der Waals surface area contributed by atoms with Crippen molar-refractivity contribution in [2.75, 3.05) is 12.8 Å². The SMILES string of the molecule is CS(=O)(=O)N1CCCC1NC(=O)c1c[nH]c2ncc(C3CC3)nc12. The molecule has 128 valence electrons. The highest BCUT2D eigenvalue weighted by atomic mass is 32.2. The van der Waals surface area contributed by atoms with E-state index in [1.807, 2.05) is 0 Å². The molecule has 1 saturated heterocycles. The predicted molar refractivity (Wildman–Crippen MR) is 87.9 cm³/mol. The molecule has 0 aromatic carbocycles. The van der Waals surface area contributed by atoms with E-state index in [-0.39, 0.29) is 5.91 Å². The summed E-state index contributed by atoms with van der Waals surface area (Å²) in [7, 11) is -3.34. The molecule has 2 aromatic rings. The Balaban J connectivity index is 1.60. The van der Waals surface area contributed by atoms with Gasteiger partial charge in [-0.05, 0) is 25.7 Å². The van der Waals surface area contributed by atoms with Gasteiger partial charge in [0, 0.05) is 18.7 Å². The van der Waals surface area contributed by atoms with Crippen LogP contribution in [0.3, 0.4) is 0 Å². The number of amides is 1. The molecule has 0 radical (unpaired) electrons. The molecule has 4 rings (SSSR count). The lowest BCUT2D eigenvalue weighted by Gasteiger charge is -2.22. The monoisotopic (exact) mass is 349 g/mol. The maximum Gasteiger partial charge on any atom is 0.256 e. The number of carbonyl (C=O) groups excluding carboxylic acids is 1. The van der Waals surface area contributed by atoms with E-state index in [2.05, 4.69) is 20.3 Å². The van der Waals surface area contributed by atoms with Crippen molar-refractivity contribution in [1.29, 1.82) is 0 Å². The third-order valence-electron chi connectivity index (χ3n) is 4.57. The maximum atomic E-state index is 12.6. The molecule has 2 aromatic heterocycles. The van der Waals surface area contributed by atoms with Gasteiger partial charge in [0.25, 0.3) is 5.91 Å². The topological polar surface area (TPSA) is 108 Å². The van der Waals surface area contributed by atoms with Gasteiger partial charge in [0.1, 0.15) is 5.52 Å². The standard InChI is InChI=1S/C15H19N5O3S/c1-24(22,23)20-6-2-3-12(20)19-15(21)10-7-16-14-13(10)18-11(8-17-14)9-4-5-9/h7-9,12H,2-6H2,1H3,(H,16,17)(H,19,21). The van der Waals surface area contributed by atoms with E-state index in [1.165, 1.54) is 4.31 Å². The molecule has 2 N–H and O–H groups in total. The molecule has 2 aliphatic rings. The largest absolute Gasteiger partial charge is 0.344 e. The zero-order chi connectivity index (χ0) is 16.9. The summed E-state index contributed by atoms with van der Waals surface area (Å²) in [5.74, 6) is 0.118. The van der Waals surface area contributed by atoms with Crippen LogP contribution in [0.2, 0.25) is 0 Å². The number of aromatic nitrogens is 3. The molecule has 0 spiro atoms. The molecule has 8 nitrogen and oxygen atoms in total. The number of rotatable bonds is 4. The summed E-state index contributed by atoms with van der Waals surface area (Å²) < 4.78 is 24.9. The highest BCUT2D eigenvalue weighted by Gasteiger charge is 2.33. The van der Waals surface area contributed by atoms with Crippen LogP contribution in [-0.2, 0) is 10.0 Å². The van der Waals surface area contributed by atoms with Gasteiger partial charge in [-0.25, -0.2) is 18.4 Å². The number of hydrogen-bond acceptors (Lipinski definition) is 5. The first-order valence-corrected chi connectivity index (χ1v) is 9.90. The van der Waals surface area contributed by atoms with Crippen LogP contribution in [0.5, 0.6) is 0 Å². The normalized spacial score (nSPS) is 22.1. The van der Waals surface area contributed by atoms with E-state index in [0.717, 1.165) is 31.2 Å². The molecule has 1 saturated carbocycles. The van der Waals surface area contributed by atoms with Crippen LogP contribution < -0.4 is 5.32 Å². The van der Waals surface area contributed by atoms with Gasteiger partial charge >= 0.3 is 0 Å². The summed E-state index contributed by atoms with van der Waals surface area (Å²) in [6.45, 7) is 0.434. The first-order valence-electron chi connectivity index (χ1n) is 8.05. The lowest BCUT2D eigenvalue weighted by atomic mass is 10.2. The molecule has 1 aliphatic carbocycles. The van der Waals surface area contributed by atoms with Crippen molar-refractivity contribution in [1.82, 2.24) is 24.6 Å². The second-order valence-electron chi connectivity index (χ2n) is 6.47. The summed E-state index contributed by atoms with van der Waals surface area (Å²) in [5, 5.41) is 2.81. The van der Waals surface area contributed by atoms with Crippen LogP contribution in [0, 0.1) is 0 Å². The van der Waals surface area contributed by atoms with E-state index in [1.54, 1.807) is 12.4 Å². The number of nitrogens with one attached hydrogen (secondary N) is 2. The molecular weight excluding hydrogens is 330 g/mol. The fourth-order valence-corrected chi connectivity index (χ4v) is 4.25. The van der Waals surface area contributed by atoms with Crippen molar-refractivity contribution < 1.29 is 13.2 Å². The number of H-pyrrole nitrogens is 1. The predicted octanol–water partition coefficient (Wildman–Crippen LogP) is 0.947. The molecule has 1 unspecified atom stereocenters. The average molecular weight is 349 g/mol. The molecule has 1 atom stereocenters. The quantitative estimate of drug-likeness (QED) is 0.854. The highest BCUT2D eigenvalue weighted by molar-refractivity contribution is 7.88. The fraction of sp³-hybridized carbons (Fsp3) is 0.533. The number of carbonyl (C=O) groups is 1. The Bertz CT molecular complexity index is 903. The van der Waals surface area contributed by atoms with Crippen molar-refractivity contribution in [3.05, 3.63) is 23.7 Å². The number of aromatic amines is 1. The second-order valence-corrected chi connectivity index (χ2v) is 8.41. The zero-order valence-corrected chi connectivity index (χ0v) is 14.1. The lowest BCUT2D eigenvalue weighted by Crippen LogP contribution is -2.46. The number of hydrogen-bond donors (Lipinski definition) is 2. The van der Waals surface area contributed by atoms with Crippen LogP contribution >= 0.6 is 0 Å². The highest BCUT2D eigenvalue weighted by Crippen LogP contribution is 2.39. The minimum atomic E-state index is -3.34. The zero-order valence-electron chi connectivity index (χ0n) is 13.3.